The van der Waals surface area contributed by atoms with Gasteiger partial charge in [0.05, 0.1) is 4.92 Å². The molecule has 2 rings (SSSR count). The maximum atomic E-state index is 12.0. The Morgan fingerprint density at radius 3 is 2.62 bits per heavy atom. The normalized spacial score (nSPS) is 15.6. The van der Waals surface area contributed by atoms with Crippen molar-refractivity contribution in [2.75, 3.05) is 18.4 Å². The first-order chi connectivity index (χ1) is 9.97. The molecule has 1 heterocycles. The van der Waals surface area contributed by atoms with Crippen LogP contribution in [0.2, 0.25) is 0 Å². The largest absolute Gasteiger partial charge is 0.334 e. The number of anilines is 1. The van der Waals surface area contributed by atoms with Crippen LogP contribution in [0.15, 0.2) is 24.3 Å². The van der Waals surface area contributed by atoms with E-state index >= 15 is 0 Å². The standard InChI is InChI=1S/C14H17N3O4/c1-10-5-7-16(8-6-10)14(19)13(18)15-11-3-2-4-12(9-11)17(20)21/h2-4,9-10H,5-8H2,1H3,(H,15,18). The van der Waals surface area contributed by atoms with E-state index in [4.69, 9.17) is 0 Å². The number of nitrogens with zero attached hydrogens (tertiary/aromatic N) is 2. The van der Waals surface area contributed by atoms with E-state index in [9.17, 15) is 19.7 Å². The van der Waals surface area contributed by atoms with Crippen molar-refractivity contribution in [1.29, 1.82) is 0 Å². The molecule has 0 radical (unpaired) electrons. The molecule has 0 unspecified atom stereocenters. The van der Waals surface area contributed by atoms with Crippen LogP contribution in [0.1, 0.15) is 19.8 Å². The Hall–Kier alpha value is -2.44. The lowest BCUT2D eigenvalue weighted by atomic mass is 9.99. The fourth-order valence-electron chi connectivity index (χ4n) is 2.24. The van der Waals surface area contributed by atoms with Gasteiger partial charge in [0.1, 0.15) is 0 Å². The van der Waals surface area contributed by atoms with E-state index in [1.165, 1.54) is 29.2 Å². The lowest BCUT2D eigenvalue weighted by Gasteiger charge is -2.29. The summed E-state index contributed by atoms with van der Waals surface area (Å²) in [5.41, 5.74) is 0.111. The van der Waals surface area contributed by atoms with Crippen molar-refractivity contribution >= 4 is 23.2 Å². The van der Waals surface area contributed by atoms with Gasteiger partial charge in [-0.15, -0.1) is 0 Å². The van der Waals surface area contributed by atoms with Crippen LogP contribution in [0, 0.1) is 16.0 Å². The summed E-state index contributed by atoms with van der Waals surface area (Å²) in [5.74, 6) is -0.785. The Labute approximate surface area is 122 Å². The molecule has 7 heteroatoms. The second kappa shape index (κ2) is 6.34. The molecule has 1 fully saturated rings. The number of piperidine rings is 1. The molecule has 112 valence electrons. The van der Waals surface area contributed by atoms with Crippen molar-refractivity contribution in [1.82, 2.24) is 4.90 Å². The number of non-ortho nitro benzene ring substituents is 1. The number of amides is 2. The molecule has 1 aromatic carbocycles. The van der Waals surface area contributed by atoms with Crippen molar-refractivity contribution in [3.05, 3.63) is 34.4 Å². The zero-order valence-corrected chi connectivity index (χ0v) is 11.7. The Bertz CT molecular complexity index is 565. The highest BCUT2D eigenvalue weighted by Crippen LogP contribution is 2.18. The molecule has 1 aliphatic heterocycles. The maximum absolute atomic E-state index is 12.0. The summed E-state index contributed by atoms with van der Waals surface area (Å²) >= 11 is 0. The molecule has 0 saturated carbocycles. The lowest BCUT2D eigenvalue weighted by Crippen LogP contribution is -2.43. The van der Waals surface area contributed by atoms with Crippen LogP contribution in [0.3, 0.4) is 0 Å². The van der Waals surface area contributed by atoms with Gasteiger partial charge in [0.25, 0.3) is 5.69 Å². The molecule has 7 nitrogen and oxygen atoms in total. The molecular weight excluding hydrogens is 274 g/mol. The average Bonchev–Trinajstić information content (AvgIpc) is 2.47. The molecule has 21 heavy (non-hydrogen) atoms. The fourth-order valence-corrected chi connectivity index (χ4v) is 2.24. The Morgan fingerprint density at radius 1 is 1.33 bits per heavy atom. The smallest absolute Gasteiger partial charge is 0.313 e. The van der Waals surface area contributed by atoms with Crippen LogP contribution in [0.25, 0.3) is 0 Å². The van der Waals surface area contributed by atoms with Gasteiger partial charge >= 0.3 is 11.8 Å². The van der Waals surface area contributed by atoms with Crippen LogP contribution >= 0.6 is 0 Å². The number of carbonyl (C=O) groups is 2. The van der Waals surface area contributed by atoms with Gasteiger partial charge in [-0.25, -0.2) is 0 Å². The van der Waals surface area contributed by atoms with Crippen molar-refractivity contribution in [3.8, 4) is 0 Å². The van der Waals surface area contributed by atoms with Crippen LogP contribution in [0.4, 0.5) is 11.4 Å². The minimum absolute atomic E-state index is 0.132. The number of nitro groups is 1. The Morgan fingerprint density at radius 2 is 2.00 bits per heavy atom. The highest BCUT2D eigenvalue weighted by Gasteiger charge is 2.25. The number of carbonyl (C=O) groups excluding carboxylic acids is 2. The monoisotopic (exact) mass is 291 g/mol. The third-order valence-corrected chi connectivity index (χ3v) is 3.58. The predicted molar refractivity (Wildman–Crippen MR) is 76.7 cm³/mol. The van der Waals surface area contributed by atoms with Crippen LogP contribution < -0.4 is 5.32 Å². The predicted octanol–water partition coefficient (Wildman–Crippen LogP) is 1.79. The van der Waals surface area contributed by atoms with Gasteiger partial charge in [-0.05, 0) is 24.8 Å². The molecule has 1 aliphatic rings. The van der Waals surface area contributed by atoms with Crippen LogP contribution in [-0.2, 0) is 9.59 Å². The van der Waals surface area contributed by atoms with E-state index < -0.39 is 16.7 Å². The molecule has 1 aromatic rings. The number of rotatable bonds is 2. The number of nitrogens with one attached hydrogen (secondary N) is 1. The number of nitro benzene ring substituents is 1. The summed E-state index contributed by atoms with van der Waals surface area (Å²) in [6.45, 7) is 3.26. The van der Waals surface area contributed by atoms with Crippen LogP contribution in [0.5, 0.6) is 0 Å². The topological polar surface area (TPSA) is 92.6 Å². The summed E-state index contributed by atoms with van der Waals surface area (Å²) in [6, 6.07) is 5.52. The molecule has 0 atom stereocenters. The van der Waals surface area contributed by atoms with Gasteiger partial charge in [0.15, 0.2) is 0 Å². The molecule has 0 bridgehead atoms. The van der Waals surface area contributed by atoms with E-state index in [1.54, 1.807) is 0 Å². The minimum Gasteiger partial charge on any atom is -0.334 e. The Kier molecular flexibility index (Phi) is 4.52. The highest BCUT2D eigenvalue weighted by molar-refractivity contribution is 6.39. The van der Waals surface area contributed by atoms with E-state index in [0.717, 1.165) is 12.8 Å². The summed E-state index contributed by atoms with van der Waals surface area (Å²) < 4.78 is 0. The molecule has 1 saturated heterocycles. The summed E-state index contributed by atoms with van der Waals surface area (Å²) in [7, 11) is 0. The number of benzene rings is 1. The quantitative estimate of drug-likeness (QED) is 0.511. The zero-order chi connectivity index (χ0) is 15.4. The zero-order valence-electron chi connectivity index (χ0n) is 11.7. The molecule has 2 amide bonds. The number of hydrogen-bond acceptors (Lipinski definition) is 4. The van der Waals surface area contributed by atoms with Crippen molar-refractivity contribution in [3.63, 3.8) is 0 Å². The maximum Gasteiger partial charge on any atom is 0.313 e. The Balaban J connectivity index is 1.99. The van der Waals surface area contributed by atoms with Gasteiger partial charge in [0.2, 0.25) is 0 Å². The van der Waals surface area contributed by atoms with E-state index in [-0.39, 0.29) is 11.4 Å². The SMILES string of the molecule is CC1CCN(C(=O)C(=O)Nc2cccc([N+](=O)[O-])c2)CC1. The van der Waals surface area contributed by atoms with Crippen molar-refractivity contribution in [2.24, 2.45) is 5.92 Å². The number of hydrogen-bond donors (Lipinski definition) is 1. The van der Waals surface area contributed by atoms with Gasteiger partial charge < -0.3 is 10.2 Å². The summed E-state index contributed by atoms with van der Waals surface area (Å²) in [6.07, 6.45) is 1.77. The average molecular weight is 291 g/mol. The van der Waals surface area contributed by atoms with Gasteiger partial charge in [-0.1, -0.05) is 13.0 Å². The molecule has 0 aliphatic carbocycles. The first kappa shape index (κ1) is 15.0. The van der Waals surface area contributed by atoms with Gasteiger partial charge in [-0.3, -0.25) is 19.7 Å². The molecule has 0 spiro atoms. The van der Waals surface area contributed by atoms with E-state index in [2.05, 4.69) is 12.2 Å². The van der Waals surface area contributed by atoms with Gasteiger partial charge in [0, 0.05) is 30.9 Å². The molecule has 0 aromatic heterocycles. The molecule has 1 N–H and O–H groups in total. The minimum atomic E-state index is -0.759. The second-order valence-electron chi connectivity index (χ2n) is 5.24. The van der Waals surface area contributed by atoms with E-state index in [1.807, 2.05) is 0 Å². The second-order valence-corrected chi connectivity index (χ2v) is 5.24. The van der Waals surface area contributed by atoms with Gasteiger partial charge in [-0.2, -0.15) is 0 Å². The highest BCUT2D eigenvalue weighted by atomic mass is 16.6. The molecular formula is C14H17N3O4. The third-order valence-electron chi connectivity index (χ3n) is 3.58. The van der Waals surface area contributed by atoms with Crippen molar-refractivity contribution in [2.45, 2.75) is 19.8 Å². The fraction of sp³-hybridized carbons (Fsp3) is 0.429. The van der Waals surface area contributed by atoms with Crippen molar-refractivity contribution < 1.29 is 14.5 Å². The van der Waals surface area contributed by atoms with Crippen LogP contribution in [-0.4, -0.2) is 34.7 Å². The summed E-state index contributed by atoms with van der Waals surface area (Å²) in [4.78, 5) is 35.5. The summed E-state index contributed by atoms with van der Waals surface area (Å²) in [5, 5.41) is 13.1. The third kappa shape index (κ3) is 3.77. The first-order valence-electron chi connectivity index (χ1n) is 6.82. The first-order valence-corrected chi connectivity index (χ1v) is 6.82. The van der Waals surface area contributed by atoms with E-state index in [0.29, 0.717) is 19.0 Å². The lowest BCUT2D eigenvalue weighted by molar-refractivity contribution is -0.384. The number of likely N-dealkylation sites (tertiary alicyclic amines) is 1.